The second-order valence-corrected chi connectivity index (χ2v) is 11.2. The lowest BCUT2D eigenvalue weighted by Gasteiger charge is -2.24. The van der Waals surface area contributed by atoms with Crippen molar-refractivity contribution in [3.63, 3.8) is 0 Å². The van der Waals surface area contributed by atoms with Crippen LogP contribution in [-0.4, -0.2) is 34.0 Å². The second kappa shape index (κ2) is 11.1. The maximum absolute atomic E-state index is 14.3. The van der Waals surface area contributed by atoms with Crippen molar-refractivity contribution < 1.29 is 23.8 Å². The first kappa shape index (κ1) is 26.9. The summed E-state index contributed by atoms with van der Waals surface area (Å²) in [5.74, 6) is -0.734. The Hall–Kier alpha value is -3.19. The fraction of sp³-hybridized carbons (Fsp3) is 0.333. The fourth-order valence-electron chi connectivity index (χ4n) is 4.77. The van der Waals surface area contributed by atoms with E-state index in [0.717, 1.165) is 23.3 Å². The number of carboxylic acid groups (broad SMARTS) is 1. The first-order chi connectivity index (χ1) is 17.5. The number of benzene rings is 3. The molecule has 1 amide bonds. The highest BCUT2D eigenvalue weighted by molar-refractivity contribution is 9.10. The van der Waals surface area contributed by atoms with E-state index in [1.165, 1.54) is 22.1 Å². The molecule has 3 aromatic carbocycles. The van der Waals surface area contributed by atoms with Gasteiger partial charge in [-0.2, -0.15) is 0 Å². The van der Waals surface area contributed by atoms with Crippen LogP contribution in [0.1, 0.15) is 54.5 Å². The molecule has 1 N–H and O–H groups in total. The van der Waals surface area contributed by atoms with Gasteiger partial charge in [-0.05, 0) is 53.3 Å². The van der Waals surface area contributed by atoms with Crippen LogP contribution in [0.5, 0.6) is 5.75 Å². The highest BCUT2D eigenvalue weighted by atomic mass is 79.9. The van der Waals surface area contributed by atoms with Gasteiger partial charge in [-0.1, -0.05) is 72.2 Å². The van der Waals surface area contributed by atoms with Crippen LogP contribution in [0.15, 0.2) is 65.1 Å². The molecule has 0 aliphatic carbocycles. The molecule has 1 unspecified atom stereocenters. The van der Waals surface area contributed by atoms with Gasteiger partial charge < -0.3 is 14.7 Å². The summed E-state index contributed by atoms with van der Waals surface area (Å²) in [6.45, 7) is 5.82. The van der Waals surface area contributed by atoms with E-state index in [2.05, 4.69) is 61.0 Å². The number of rotatable bonds is 9. The van der Waals surface area contributed by atoms with E-state index in [1.807, 2.05) is 18.2 Å². The molecular formula is C30H31BrFNO4. The van der Waals surface area contributed by atoms with Crippen LogP contribution >= 0.6 is 15.9 Å². The lowest BCUT2D eigenvalue weighted by molar-refractivity contribution is -0.144. The van der Waals surface area contributed by atoms with Gasteiger partial charge in [0.25, 0.3) is 0 Å². The topological polar surface area (TPSA) is 66.8 Å². The Morgan fingerprint density at radius 2 is 1.78 bits per heavy atom. The zero-order valence-electron chi connectivity index (χ0n) is 21.3. The summed E-state index contributed by atoms with van der Waals surface area (Å²) in [5, 5.41) is 9.33. The molecule has 0 aromatic heterocycles. The average Bonchev–Trinajstić information content (AvgIpc) is 3.15. The quantitative estimate of drug-likeness (QED) is 0.329. The van der Waals surface area contributed by atoms with E-state index < -0.39 is 23.9 Å². The van der Waals surface area contributed by atoms with Gasteiger partial charge in [-0.25, -0.2) is 4.39 Å². The van der Waals surface area contributed by atoms with Crippen molar-refractivity contribution in [1.82, 2.24) is 4.90 Å². The van der Waals surface area contributed by atoms with Crippen LogP contribution in [0.4, 0.5) is 4.39 Å². The first-order valence-corrected chi connectivity index (χ1v) is 13.1. The average molecular weight is 568 g/mol. The van der Waals surface area contributed by atoms with Crippen molar-refractivity contribution in [2.75, 3.05) is 6.54 Å². The molecule has 0 radical (unpaired) electrons. The standard InChI is InChI=1S/C30H31BrFNO4/c1-19(2)22-7-4-20(5-8-22)15-30(3)16-24-12-21(6-11-27(24)37-30)13-28(34)33(18-29(35)36)17-23-9-10-25(31)14-26(23)32/h4-12,14,19H,13,15-18H2,1-3H3,(H,35,36). The van der Waals surface area contributed by atoms with Crippen LogP contribution < -0.4 is 4.74 Å². The monoisotopic (exact) mass is 567 g/mol. The van der Waals surface area contributed by atoms with Gasteiger partial charge in [0.1, 0.15) is 23.7 Å². The Kier molecular flexibility index (Phi) is 8.02. The molecule has 0 fully saturated rings. The molecule has 3 aromatic rings. The number of fused-ring (bicyclic) bond motifs is 1. The molecule has 0 saturated carbocycles. The Balaban J connectivity index is 1.45. The second-order valence-electron chi connectivity index (χ2n) is 10.3. The van der Waals surface area contributed by atoms with E-state index in [9.17, 15) is 19.1 Å². The summed E-state index contributed by atoms with van der Waals surface area (Å²) >= 11 is 3.21. The van der Waals surface area contributed by atoms with E-state index >= 15 is 0 Å². The summed E-state index contributed by atoms with van der Waals surface area (Å²) in [6, 6.07) is 18.8. The van der Waals surface area contributed by atoms with Gasteiger partial charge in [0.05, 0.1) is 6.42 Å². The van der Waals surface area contributed by atoms with Crippen molar-refractivity contribution in [2.45, 2.75) is 58.1 Å². The van der Waals surface area contributed by atoms with Crippen LogP contribution in [0, 0.1) is 5.82 Å². The molecule has 0 bridgehead atoms. The number of carboxylic acids is 1. The summed E-state index contributed by atoms with van der Waals surface area (Å²) < 4.78 is 21.2. The molecule has 1 aliphatic rings. The van der Waals surface area contributed by atoms with Gasteiger partial charge in [0.2, 0.25) is 5.91 Å². The Labute approximate surface area is 225 Å². The van der Waals surface area contributed by atoms with Gasteiger partial charge in [0.15, 0.2) is 0 Å². The number of hydrogen-bond acceptors (Lipinski definition) is 3. The SMILES string of the molecule is CC(C)c1ccc(CC2(C)Cc3cc(CC(=O)N(CC(=O)O)Cc4ccc(Br)cc4F)ccc3O2)cc1. The molecule has 1 atom stereocenters. The maximum Gasteiger partial charge on any atom is 0.323 e. The van der Waals surface area contributed by atoms with Gasteiger partial charge in [-0.3, -0.25) is 9.59 Å². The molecule has 1 heterocycles. The molecule has 4 rings (SSSR count). The van der Waals surface area contributed by atoms with E-state index in [0.29, 0.717) is 16.8 Å². The lowest BCUT2D eigenvalue weighted by Crippen LogP contribution is -2.36. The van der Waals surface area contributed by atoms with Crippen molar-refractivity contribution in [3.8, 4) is 5.75 Å². The van der Waals surface area contributed by atoms with Crippen molar-refractivity contribution in [1.29, 1.82) is 0 Å². The minimum atomic E-state index is -1.15. The highest BCUT2D eigenvalue weighted by Crippen LogP contribution is 2.37. The van der Waals surface area contributed by atoms with E-state index in [-0.39, 0.29) is 24.4 Å². The van der Waals surface area contributed by atoms with Crippen LogP contribution in [0.2, 0.25) is 0 Å². The number of aliphatic carboxylic acids is 1. The largest absolute Gasteiger partial charge is 0.487 e. The maximum atomic E-state index is 14.3. The number of carbonyl (C=O) groups is 2. The highest BCUT2D eigenvalue weighted by Gasteiger charge is 2.35. The first-order valence-electron chi connectivity index (χ1n) is 12.3. The third kappa shape index (κ3) is 6.77. The van der Waals surface area contributed by atoms with Crippen LogP contribution in [-0.2, 0) is 35.4 Å². The number of nitrogens with zero attached hydrogens (tertiary/aromatic N) is 1. The van der Waals surface area contributed by atoms with E-state index in [4.69, 9.17) is 4.74 Å². The van der Waals surface area contributed by atoms with E-state index in [1.54, 1.807) is 12.1 Å². The zero-order chi connectivity index (χ0) is 26.7. The number of carbonyl (C=O) groups excluding carboxylic acids is 1. The van der Waals surface area contributed by atoms with Crippen LogP contribution in [0.25, 0.3) is 0 Å². The summed E-state index contributed by atoms with van der Waals surface area (Å²) in [7, 11) is 0. The molecular weight excluding hydrogens is 537 g/mol. The lowest BCUT2D eigenvalue weighted by atomic mass is 9.90. The summed E-state index contributed by atoms with van der Waals surface area (Å²) in [5.41, 5.74) is 4.18. The minimum absolute atomic E-state index is 0.0199. The molecule has 7 heteroatoms. The molecule has 1 aliphatic heterocycles. The molecule has 0 saturated heterocycles. The molecule has 5 nitrogen and oxygen atoms in total. The summed E-state index contributed by atoms with van der Waals surface area (Å²) in [4.78, 5) is 25.7. The minimum Gasteiger partial charge on any atom is -0.487 e. The number of ether oxygens (including phenoxy) is 1. The van der Waals surface area contributed by atoms with Gasteiger partial charge in [-0.15, -0.1) is 0 Å². The predicted octanol–water partition coefficient (Wildman–Crippen LogP) is 6.30. The number of halogens is 2. The van der Waals surface area contributed by atoms with Crippen molar-refractivity contribution >= 4 is 27.8 Å². The fourth-order valence-corrected chi connectivity index (χ4v) is 5.11. The van der Waals surface area contributed by atoms with Crippen molar-refractivity contribution in [3.05, 3.63) is 98.8 Å². The van der Waals surface area contributed by atoms with Gasteiger partial charge in [0, 0.05) is 29.4 Å². The molecule has 37 heavy (non-hydrogen) atoms. The number of hydrogen-bond donors (Lipinski definition) is 1. The third-order valence-corrected chi connectivity index (χ3v) is 7.17. The Morgan fingerprint density at radius 3 is 2.43 bits per heavy atom. The molecule has 194 valence electrons. The zero-order valence-corrected chi connectivity index (χ0v) is 22.8. The third-order valence-electron chi connectivity index (χ3n) is 6.68. The summed E-state index contributed by atoms with van der Waals surface area (Å²) in [6.07, 6.45) is 1.49. The number of amides is 1. The Morgan fingerprint density at radius 1 is 1.08 bits per heavy atom. The molecule has 0 spiro atoms. The normalized spacial score (nSPS) is 16.4. The smallest absolute Gasteiger partial charge is 0.323 e. The Bertz CT molecular complexity index is 1310. The van der Waals surface area contributed by atoms with Gasteiger partial charge >= 0.3 is 5.97 Å². The van der Waals surface area contributed by atoms with Crippen LogP contribution in [0.3, 0.4) is 0 Å². The van der Waals surface area contributed by atoms with Crippen molar-refractivity contribution in [2.24, 2.45) is 0 Å². The predicted molar refractivity (Wildman–Crippen MR) is 144 cm³/mol.